The highest BCUT2D eigenvalue weighted by atomic mass is 16.5. The molecule has 1 aromatic heterocycles. The molecule has 88 valence electrons. The van der Waals surface area contributed by atoms with E-state index in [1.165, 1.54) is 6.33 Å². The monoisotopic (exact) mass is 223 g/mol. The van der Waals surface area contributed by atoms with E-state index >= 15 is 0 Å². The van der Waals surface area contributed by atoms with Crippen molar-refractivity contribution in [2.24, 2.45) is 0 Å². The van der Waals surface area contributed by atoms with E-state index in [1.54, 1.807) is 6.07 Å². The molecule has 0 fully saturated rings. The van der Waals surface area contributed by atoms with Gasteiger partial charge in [0, 0.05) is 17.3 Å². The minimum atomic E-state index is -0.248. The van der Waals surface area contributed by atoms with Gasteiger partial charge in [-0.1, -0.05) is 0 Å². The van der Waals surface area contributed by atoms with Gasteiger partial charge in [-0.05, 0) is 27.7 Å². The van der Waals surface area contributed by atoms with E-state index in [1.807, 2.05) is 27.7 Å². The Balaban J connectivity index is 2.43. The molecule has 1 heterocycles. The molecule has 0 radical (unpaired) electrons. The zero-order chi connectivity index (χ0) is 12.2. The number of aryl methyl sites for hydroxylation is 1. The summed E-state index contributed by atoms with van der Waals surface area (Å²) in [5.74, 6) is 0.250. The Kier molecular flexibility index (Phi) is 3.82. The van der Waals surface area contributed by atoms with Crippen LogP contribution >= 0.6 is 0 Å². The van der Waals surface area contributed by atoms with Gasteiger partial charge in [0.1, 0.15) is 6.33 Å². The van der Waals surface area contributed by atoms with Gasteiger partial charge < -0.3 is 10.1 Å². The molecule has 0 atom stereocenters. The van der Waals surface area contributed by atoms with Crippen molar-refractivity contribution in [2.45, 2.75) is 33.2 Å². The van der Waals surface area contributed by atoms with Crippen LogP contribution < -0.4 is 10.1 Å². The normalized spacial score (nSPS) is 11.0. The van der Waals surface area contributed by atoms with Gasteiger partial charge in [-0.2, -0.15) is 0 Å². The third-order valence-electron chi connectivity index (χ3n) is 1.64. The number of carbonyl (C=O) groups is 1. The predicted molar refractivity (Wildman–Crippen MR) is 60.2 cm³/mol. The third kappa shape index (κ3) is 4.72. The molecule has 1 rings (SSSR count). The summed E-state index contributed by atoms with van der Waals surface area (Å²) in [6.07, 6.45) is 1.41. The first-order valence-electron chi connectivity index (χ1n) is 5.09. The van der Waals surface area contributed by atoms with Crippen molar-refractivity contribution in [1.29, 1.82) is 0 Å². The fourth-order valence-corrected chi connectivity index (χ4v) is 1.10. The number of nitrogens with one attached hydrogen (secondary N) is 1. The van der Waals surface area contributed by atoms with Gasteiger partial charge in [0.25, 0.3) is 5.91 Å². The second kappa shape index (κ2) is 4.92. The van der Waals surface area contributed by atoms with E-state index in [-0.39, 0.29) is 18.1 Å². The molecule has 0 aromatic carbocycles. The Morgan fingerprint density at radius 2 is 2.12 bits per heavy atom. The molecule has 0 spiro atoms. The van der Waals surface area contributed by atoms with Crippen molar-refractivity contribution in [3.05, 3.63) is 18.1 Å². The molecule has 1 aromatic rings. The number of carbonyl (C=O) groups excluding carboxylic acids is 1. The minimum Gasteiger partial charge on any atom is -0.467 e. The fourth-order valence-electron chi connectivity index (χ4n) is 1.10. The van der Waals surface area contributed by atoms with Crippen LogP contribution in [0.1, 0.15) is 26.5 Å². The van der Waals surface area contributed by atoms with Gasteiger partial charge in [-0.15, -0.1) is 0 Å². The third-order valence-corrected chi connectivity index (χ3v) is 1.64. The number of hydrogen-bond acceptors (Lipinski definition) is 4. The molecule has 1 N–H and O–H groups in total. The van der Waals surface area contributed by atoms with Crippen molar-refractivity contribution in [2.75, 3.05) is 6.61 Å². The molecule has 0 saturated heterocycles. The Bertz CT molecular complexity index is 372. The predicted octanol–water partition coefficient (Wildman–Crippen LogP) is 1.08. The van der Waals surface area contributed by atoms with E-state index in [4.69, 9.17) is 4.74 Å². The Morgan fingerprint density at radius 3 is 2.69 bits per heavy atom. The SMILES string of the molecule is Cc1cc(OCC(=O)NC(C)(C)C)ncn1. The van der Waals surface area contributed by atoms with E-state index in [9.17, 15) is 4.79 Å². The second-order valence-electron chi connectivity index (χ2n) is 4.58. The van der Waals surface area contributed by atoms with Crippen LogP contribution in [0.15, 0.2) is 12.4 Å². The largest absolute Gasteiger partial charge is 0.467 e. The summed E-state index contributed by atoms with van der Waals surface area (Å²) in [4.78, 5) is 19.3. The zero-order valence-corrected chi connectivity index (χ0v) is 10.1. The summed E-state index contributed by atoms with van der Waals surface area (Å²) < 4.78 is 5.23. The number of ether oxygens (including phenoxy) is 1. The van der Waals surface area contributed by atoms with Gasteiger partial charge in [0.05, 0.1) is 0 Å². The van der Waals surface area contributed by atoms with Crippen LogP contribution in [0.5, 0.6) is 5.88 Å². The van der Waals surface area contributed by atoms with Gasteiger partial charge in [-0.25, -0.2) is 9.97 Å². The first-order chi connectivity index (χ1) is 7.37. The lowest BCUT2D eigenvalue weighted by Crippen LogP contribution is -2.43. The number of aromatic nitrogens is 2. The topological polar surface area (TPSA) is 64.1 Å². The van der Waals surface area contributed by atoms with Crippen molar-refractivity contribution in [1.82, 2.24) is 15.3 Å². The number of amides is 1. The van der Waals surface area contributed by atoms with E-state index < -0.39 is 0 Å². The summed E-state index contributed by atoms with van der Waals surface area (Å²) in [6.45, 7) is 7.55. The lowest BCUT2D eigenvalue weighted by molar-refractivity contribution is -0.124. The number of rotatable bonds is 3. The number of nitrogens with zero attached hydrogens (tertiary/aromatic N) is 2. The quantitative estimate of drug-likeness (QED) is 0.832. The molecular weight excluding hydrogens is 206 g/mol. The second-order valence-corrected chi connectivity index (χ2v) is 4.58. The molecule has 0 aliphatic rings. The molecule has 0 aliphatic carbocycles. The van der Waals surface area contributed by atoms with E-state index in [0.717, 1.165) is 5.69 Å². The first-order valence-corrected chi connectivity index (χ1v) is 5.09. The van der Waals surface area contributed by atoms with Gasteiger partial charge in [-0.3, -0.25) is 4.79 Å². The summed E-state index contributed by atoms with van der Waals surface area (Å²) in [5.41, 5.74) is 0.559. The van der Waals surface area contributed by atoms with Crippen molar-refractivity contribution >= 4 is 5.91 Å². The fraction of sp³-hybridized carbons (Fsp3) is 0.545. The lowest BCUT2D eigenvalue weighted by Gasteiger charge is -2.20. The molecule has 5 heteroatoms. The highest BCUT2D eigenvalue weighted by Gasteiger charge is 2.13. The maximum Gasteiger partial charge on any atom is 0.258 e. The van der Waals surface area contributed by atoms with Crippen LogP contribution in [0.25, 0.3) is 0 Å². The molecule has 0 saturated carbocycles. The van der Waals surface area contributed by atoms with E-state index in [0.29, 0.717) is 5.88 Å². The minimum absolute atomic E-state index is 0.0340. The van der Waals surface area contributed by atoms with E-state index in [2.05, 4.69) is 15.3 Å². The van der Waals surface area contributed by atoms with Crippen LogP contribution in [0, 0.1) is 6.92 Å². The van der Waals surface area contributed by atoms with Gasteiger partial charge >= 0.3 is 0 Å². The summed E-state index contributed by atoms with van der Waals surface area (Å²) in [5, 5.41) is 2.80. The van der Waals surface area contributed by atoms with Crippen molar-refractivity contribution in [3.8, 4) is 5.88 Å². The van der Waals surface area contributed by atoms with Crippen molar-refractivity contribution in [3.63, 3.8) is 0 Å². The zero-order valence-electron chi connectivity index (χ0n) is 10.1. The molecule has 0 aliphatic heterocycles. The molecule has 1 amide bonds. The Labute approximate surface area is 95.3 Å². The Hall–Kier alpha value is -1.65. The first kappa shape index (κ1) is 12.4. The summed E-state index contributed by atoms with van der Waals surface area (Å²) in [6, 6.07) is 1.68. The maximum absolute atomic E-state index is 11.4. The molecule has 5 nitrogen and oxygen atoms in total. The highest BCUT2D eigenvalue weighted by molar-refractivity contribution is 5.78. The lowest BCUT2D eigenvalue weighted by atomic mass is 10.1. The van der Waals surface area contributed by atoms with Crippen LogP contribution in [0.4, 0.5) is 0 Å². The van der Waals surface area contributed by atoms with Gasteiger partial charge in [0.15, 0.2) is 6.61 Å². The van der Waals surface area contributed by atoms with Gasteiger partial charge in [0.2, 0.25) is 5.88 Å². The van der Waals surface area contributed by atoms with Crippen LogP contribution in [-0.4, -0.2) is 28.0 Å². The summed E-state index contributed by atoms with van der Waals surface area (Å²) >= 11 is 0. The van der Waals surface area contributed by atoms with Crippen molar-refractivity contribution < 1.29 is 9.53 Å². The Morgan fingerprint density at radius 1 is 1.44 bits per heavy atom. The molecule has 16 heavy (non-hydrogen) atoms. The average molecular weight is 223 g/mol. The van der Waals surface area contributed by atoms with Crippen LogP contribution in [-0.2, 0) is 4.79 Å². The standard InChI is InChI=1S/C11H17N3O2/c1-8-5-10(13-7-12-8)16-6-9(15)14-11(2,3)4/h5,7H,6H2,1-4H3,(H,14,15). The highest BCUT2D eigenvalue weighted by Crippen LogP contribution is 2.05. The molecular formula is C11H17N3O2. The molecule has 0 bridgehead atoms. The van der Waals surface area contributed by atoms with Crippen LogP contribution in [0.2, 0.25) is 0 Å². The smallest absolute Gasteiger partial charge is 0.258 e. The number of hydrogen-bond donors (Lipinski definition) is 1. The average Bonchev–Trinajstić information content (AvgIpc) is 2.12. The maximum atomic E-state index is 11.4. The molecule has 0 unspecified atom stereocenters. The van der Waals surface area contributed by atoms with Crippen LogP contribution in [0.3, 0.4) is 0 Å². The summed E-state index contributed by atoms with van der Waals surface area (Å²) in [7, 11) is 0.